The number of hydrogen-bond donors (Lipinski definition) is 1. The van der Waals surface area contributed by atoms with Crippen molar-refractivity contribution in [3.05, 3.63) is 19.6 Å². The third-order valence-corrected chi connectivity index (χ3v) is 3.54. The molecule has 18 heavy (non-hydrogen) atoms. The van der Waals surface area contributed by atoms with Gasteiger partial charge < -0.3 is 5.11 Å². The molecule has 0 bridgehead atoms. The monoisotopic (exact) mass is 254 g/mol. The highest BCUT2D eigenvalue weighted by atomic mass is 16.3. The van der Waals surface area contributed by atoms with E-state index in [1.54, 1.807) is 6.08 Å². The first-order valence-electron chi connectivity index (χ1n) is 7.44. The van der Waals surface area contributed by atoms with Crippen LogP contribution >= 0.6 is 0 Å². The van der Waals surface area contributed by atoms with Crippen LogP contribution in [0.5, 0.6) is 0 Å². The van der Waals surface area contributed by atoms with Crippen LogP contribution in [-0.4, -0.2) is 29.3 Å². The number of rotatable bonds is 12. The Bertz CT molecular complexity index is 201. The molecule has 1 N–H and O–H groups in total. The molecule has 0 saturated heterocycles. The number of unbranched alkanes of at least 4 members (excludes halogenated alkanes) is 7. The van der Waals surface area contributed by atoms with Crippen LogP contribution < -0.4 is 0 Å². The minimum Gasteiger partial charge on any atom is -0.376 e. The van der Waals surface area contributed by atoms with E-state index in [4.69, 9.17) is 0 Å². The van der Waals surface area contributed by atoms with Gasteiger partial charge >= 0.3 is 0 Å². The average molecular weight is 254 g/mol. The number of likely N-dealkylation sites (N-methyl/N-ethyl adjacent to an activating group) is 1. The molecule has 0 saturated carbocycles. The van der Waals surface area contributed by atoms with E-state index in [9.17, 15) is 5.11 Å². The first-order chi connectivity index (χ1) is 8.54. The van der Waals surface area contributed by atoms with Crippen molar-refractivity contribution in [3.63, 3.8) is 0 Å². The lowest BCUT2D eigenvalue weighted by atomic mass is 10.0. The minimum absolute atomic E-state index is 0.678. The molecule has 0 aromatic rings. The molecule has 0 heterocycles. The lowest BCUT2D eigenvalue weighted by molar-refractivity contribution is -0.0575. The zero-order chi connectivity index (χ0) is 13.9. The zero-order valence-corrected chi connectivity index (χ0v) is 12.5. The summed E-state index contributed by atoms with van der Waals surface area (Å²) < 4.78 is 0. The molecule has 0 aromatic heterocycles. The van der Waals surface area contributed by atoms with Gasteiger partial charge in [0.1, 0.15) is 5.72 Å². The molecular weight excluding hydrogens is 222 g/mol. The summed E-state index contributed by atoms with van der Waals surface area (Å²) in [6, 6.07) is 0. The highest BCUT2D eigenvalue weighted by Crippen LogP contribution is 2.18. The predicted molar refractivity (Wildman–Crippen MR) is 80.4 cm³/mol. The molecule has 0 aliphatic heterocycles. The van der Waals surface area contributed by atoms with Crippen LogP contribution in [0.2, 0.25) is 0 Å². The third kappa shape index (κ3) is 8.71. The number of aliphatic hydroxyl groups is 1. The molecule has 0 aliphatic rings. The van der Waals surface area contributed by atoms with Gasteiger partial charge in [-0.05, 0) is 26.8 Å². The Labute approximate surface area is 114 Å². The van der Waals surface area contributed by atoms with Gasteiger partial charge in [0.25, 0.3) is 0 Å². The van der Waals surface area contributed by atoms with E-state index < -0.39 is 5.72 Å². The van der Waals surface area contributed by atoms with Crippen molar-refractivity contribution in [2.45, 2.75) is 70.4 Å². The summed E-state index contributed by atoms with van der Waals surface area (Å²) in [6.45, 7) is 10.5. The molecule has 1 atom stereocenters. The maximum atomic E-state index is 10.2. The number of nitrogens with zero attached hydrogens (tertiary/aromatic N) is 1. The Morgan fingerprint density at radius 3 is 2.06 bits per heavy atom. The summed E-state index contributed by atoms with van der Waals surface area (Å²) in [5.74, 6) is 0. The summed E-state index contributed by atoms with van der Waals surface area (Å²) in [5, 5.41) is 10.2. The van der Waals surface area contributed by atoms with E-state index in [0.717, 1.165) is 12.8 Å². The smallest absolute Gasteiger partial charge is 0.118 e. The van der Waals surface area contributed by atoms with Crippen LogP contribution in [-0.2, 0) is 0 Å². The fourth-order valence-electron chi connectivity index (χ4n) is 2.10. The van der Waals surface area contributed by atoms with Crippen LogP contribution in [0.3, 0.4) is 0 Å². The Kier molecular flexibility index (Phi) is 10.4. The van der Waals surface area contributed by atoms with Gasteiger partial charge in [-0.15, -0.1) is 6.58 Å². The van der Waals surface area contributed by atoms with Crippen molar-refractivity contribution in [2.75, 3.05) is 13.6 Å². The molecule has 2 nitrogen and oxygen atoms in total. The number of hydrogen-bond acceptors (Lipinski definition) is 2. The molecule has 0 fully saturated rings. The van der Waals surface area contributed by atoms with E-state index >= 15 is 0 Å². The third-order valence-electron chi connectivity index (χ3n) is 3.54. The Morgan fingerprint density at radius 1 is 1.06 bits per heavy atom. The Morgan fingerprint density at radius 2 is 1.56 bits per heavy atom. The first kappa shape index (κ1) is 17.7. The fourth-order valence-corrected chi connectivity index (χ4v) is 2.10. The molecule has 0 rings (SSSR count). The van der Waals surface area contributed by atoms with Gasteiger partial charge in [-0.25, -0.2) is 0 Å². The quantitative estimate of drug-likeness (QED) is 0.321. The Hall–Kier alpha value is -0.340. The van der Waals surface area contributed by atoms with Gasteiger partial charge in [0.15, 0.2) is 0 Å². The second kappa shape index (κ2) is 10.6. The molecule has 0 aliphatic carbocycles. The van der Waals surface area contributed by atoms with Crippen molar-refractivity contribution < 1.29 is 5.11 Å². The van der Waals surface area contributed by atoms with Crippen molar-refractivity contribution in [1.29, 1.82) is 0 Å². The summed E-state index contributed by atoms with van der Waals surface area (Å²) in [6.07, 6.45) is 12.8. The van der Waals surface area contributed by atoms with E-state index in [-0.39, 0.29) is 0 Å². The van der Waals surface area contributed by atoms with Crippen LogP contribution in [0, 0.1) is 6.92 Å². The van der Waals surface area contributed by atoms with Gasteiger partial charge in [0, 0.05) is 6.54 Å². The van der Waals surface area contributed by atoms with Gasteiger partial charge in [-0.1, -0.05) is 57.9 Å². The zero-order valence-electron chi connectivity index (χ0n) is 12.5. The van der Waals surface area contributed by atoms with E-state index in [1.165, 1.54) is 44.9 Å². The van der Waals surface area contributed by atoms with E-state index in [1.807, 2.05) is 11.9 Å². The van der Waals surface area contributed by atoms with E-state index in [0.29, 0.717) is 6.54 Å². The summed E-state index contributed by atoms with van der Waals surface area (Å²) in [4.78, 5) is 1.85. The minimum atomic E-state index is -0.934. The standard InChI is InChI=1S/C16H32NO/c1-5-7-8-9-10-11-12-13-14-16(3,18)17(4)15-6-2/h6,18H,2-3,5,7-15H2,1,4H3. The van der Waals surface area contributed by atoms with Crippen LogP contribution in [0.25, 0.3) is 0 Å². The summed E-state index contributed by atoms with van der Waals surface area (Å²) in [7, 11) is 1.89. The van der Waals surface area contributed by atoms with Gasteiger partial charge in [-0.2, -0.15) is 0 Å². The fraction of sp³-hybridized carbons (Fsp3) is 0.812. The Balaban J connectivity index is 3.49. The van der Waals surface area contributed by atoms with Crippen LogP contribution in [0.1, 0.15) is 64.7 Å². The van der Waals surface area contributed by atoms with Crippen molar-refractivity contribution >= 4 is 0 Å². The molecule has 1 radical (unpaired) electrons. The maximum Gasteiger partial charge on any atom is 0.118 e. The first-order valence-corrected chi connectivity index (χ1v) is 7.44. The van der Waals surface area contributed by atoms with Gasteiger partial charge in [0.2, 0.25) is 0 Å². The topological polar surface area (TPSA) is 23.5 Å². The van der Waals surface area contributed by atoms with Crippen molar-refractivity contribution in [3.8, 4) is 0 Å². The summed E-state index contributed by atoms with van der Waals surface area (Å²) >= 11 is 0. The lowest BCUT2D eigenvalue weighted by Gasteiger charge is -2.33. The van der Waals surface area contributed by atoms with Gasteiger partial charge in [-0.3, -0.25) is 4.90 Å². The van der Waals surface area contributed by atoms with Crippen LogP contribution in [0.15, 0.2) is 12.7 Å². The SMILES string of the molecule is [CH2]C(O)(CCCCCCCCCC)N(C)CC=C. The molecule has 0 amide bonds. The molecule has 107 valence electrons. The van der Waals surface area contributed by atoms with E-state index in [2.05, 4.69) is 20.4 Å². The van der Waals surface area contributed by atoms with Gasteiger partial charge in [0.05, 0.1) is 0 Å². The second-order valence-electron chi connectivity index (χ2n) is 5.38. The summed E-state index contributed by atoms with van der Waals surface area (Å²) in [5.41, 5.74) is -0.934. The maximum absolute atomic E-state index is 10.2. The molecule has 2 heteroatoms. The normalized spacial score (nSPS) is 14.7. The molecular formula is C16H32NO. The molecule has 0 aromatic carbocycles. The lowest BCUT2D eigenvalue weighted by Crippen LogP contribution is -2.44. The highest BCUT2D eigenvalue weighted by molar-refractivity contribution is 4.84. The van der Waals surface area contributed by atoms with Crippen molar-refractivity contribution in [2.24, 2.45) is 0 Å². The largest absolute Gasteiger partial charge is 0.376 e. The van der Waals surface area contributed by atoms with Crippen LogP contribution in [0.4, 0.5) is 0 Å². The van der Waals surface area contributed by atoms with Crippen molar-refractivity contribution in [1.82, 2.24) is 4.90 Å². The average Bonchev–Trinajstić information content (AvgIpc) is 2.33. The molecule has 1 unspecified atom stereocenters. The second-order valence-corrected chi connectivity index (χ2v) is 5.38. The predicted octanol–water partition coefficient (Wildman–Crippen LogP) is 4.16. The highest BCUT2D eigenvalue weighted by Gasteiger charge is 2.24. The molecule has 0 spiro atoms.